The smallest absolute Gasteiger partial charge is 0.411 e. The molecule has 2 aromatic carbocycles. The molecule has 0 N–H and O–H groups in total. The highest BCUT2D eigenvalue weighted by Crippen LogP contribution is 2.48. The number of ether oxygens (including phenoxy) is 3. The number of likely N-dealkylation sites (tertiary alicyclic amines) is 2. The molecule has 2 heterocycles. The number of benzene rings is 2. The molecule has 1 spiro atoms. The fourth-order valence-corrected chi connectivity index (χ4v) is 5.75. The summed E-state index contributed by atoms with van der Waals surface area (Å²) in [7, 11) is 0. The van der Waals surface area contributed by atoms with Crippen LogP contribution in [-0.4, -0.2) is 63.8 Å². The van der Waals surface area contributed by atoms with Crippen molar-refractivity contribution in [1.82, 2.24) is 9.80 Å². The first-order valence-electron chi connectivity index (χ1n) is 13.7. The topological polar surface area (TPSA) is 68.3 Å². The zero-order chi connectivity index (χ0) is 27.5. The lowest BCUT2D eigenvalue weighted by molar-refractivity contribution is -0.188. The molecule has 5 atom stereocenters. The summed E-state index contributed by atoms with van der Waals surface area (Å²) in [6.07, 6.45) is 0.690. The summed E-state index contributed by atoms with van der Waals surface area (Å²) in [6.45, 7) is 12.8. The second-order valence-corrected chi connectivity index (χ2v) is 11.6. The highest BCUT2D eigenvalue weighted by Gasteiger charge is 2.68. The van der Waals surface area contributed by atoms with E-state index in [-0.39, 0.29) is 30.1 Å². The average molecular weight is 523 g/mol. The van der Waals surface area contributed by atoms with Gasteiger partial charge in [-0.25, -0.2) is 4.79 Å². The number of carbonyl (C=O) groups excluding carboxylic acids is 2. The molecule has 0 bridgehead atoms. The molecule has 7 heteroatoms. The van der Waals surface area contributed by atoms with E-state index < -0.39 is 17.2 Å². The first kappa shape index (κ1) is 28.1. The molecule has 4 unspecified atom stereocenters. The molecule has 7 nitrogen and oxygen atoms in total. The van der Waals surface area contributed by atoms with Crippen LogP contribution in [0.2, 0.25) is 0 Å². The zero-order valence-corrected chi connectivity index (χ0v) is 23.6. The van der Waals surface area contributed by atoms with Crippen LogP contribution in [0, 0.1) is 0 Å². The largest absolute Gasteiger partial charge is 0.444 e. The van der Waals surface area contributed by atoms with Crippen LogP contribution < -0.4 is 0 Å². The number of rotatable bonds is 9. The van der Waals surface area contributed by atoms with Crippen molar-refractivity contribution in [2.75, 3.05) is 6.61 Å². The summed E-state index contributed by atoms with van der Waals surface area (Å²) >= 11 is 0. The molecular formula is C31H42N2O5. The molecule has 2 amide bonds. The van der Waals surface area contributed by atoms with Crippen molar-refractivity contribution in [3.63, 3.8) is 0 Å². The SMILES string of the molecule is CC(OCc1ccccc1)[C@H](COCc1ccccc1)N1C(=O)C2(CCC(C)N2C(=O)OC(C)(C)C)C1C. The quantitative estimate of drug-likeness (QED) is 0.403. The molecule has 0 aliphatic carbocycles. The van der Waals surface area contributed by atoms with Gasteiger partial charge < -0.3 is 19.1 Å². The van der Waals surface area contributed by atoms with Gasteiger partial charge in [-0.1, -0.05) is 60.7 Å². The van der Waals surface area contributed by atoms with Crippen LogP contribution in [0.3, 0.4) is 0 Å². The van der Waals surface area contributed by atoms with Gasteiger partial charge in [0.2, 0.25) is 0 Å². The zero-order valence-electron chi connectivity index (χ0n) is 23.6. The third-order valence-electron chi connectivity index (χ3n) is 7.77. The van der Waals surface area contributed by atoms with E-state index in [1.54, 1.807) is 4.90 Å². The molecule has 38 heavy (non-hydrogen) atoms. The van der Waals surface area contributed by atoms with E-state index in [1.165, 1.54) is 0 Å². The van der Waals surface area contributed by atoms with Crippen LogP contribution in [0.25, 0.3) is 0 Å². The summed E-state index contributed by atoms with van der Waals surface area (Å²) in [6, 6.07) is 19.4. The van der Waals surface area contributed by atoms with E-state index in [0.717, 1.165) is 17.5 Å². The van der Waals surface area contributed by atoms with Crippen molar-refractivity contribution in [3.05, 3.63) is 71.8 Å². The van der Waals surface area contributed by atoms with Gasteiger partial charge in [0.25, 0.3) is 5.91 Å². The van der Waals surface area contributed by atoms with Crippen LogP contribution in [0.1, 0.15) is 65.5 Å². The molecule has 2 fully saturated rings. The van der Waals surface area contributed by atoms with Crippen molar-refractivity contribution in [1.29, 1.82) is 0 Å². The predicted octanol–water partition coefficient (Wildman–Crippen LogP) is 5.57. The maximum atomic E-state index is 14.0. The minimum Gasteiger partial charge on any atom is -0.444 e. The van der Waals surface area contributed by atoms with Gasteiger partial charge in [0.15, 0.2) is 0 Å². The predicted molar refractivity (Wildman–Crippen MR) is 146 cm³/mol. The van der Waals surface area contributed by atoms with Gasteiger partial charge in [0.05, 0.1) is 38.0 Å². The second kappa shape index (κ2) is 11.5. The molecule has 2 aromatic rings. The normalized spacial score (nSPS) is 24.8. The molecule has 206 valence electrons. The Morgan fingerprint density at radius 3 is 2.13 bits per heavy atom. The van der Waals surface area contributed by atoms with Crippen molar-refractivity contribution in [2.24, 2.45) is 0 Å². The minimum absolute atomic E-state index is 0.0521. The van der Waals surface area contributed by atoms with Gasteiger partial charge in [-0.05, 0) is 65.5 Å². The van der Waals surface area contributed by atoms with Crippen LogP contribution >= 0.6 is 0 Å². The van der Waals surface area contributed by atoms with Crippen molar-refractivity contribution >= 4 is 12.0 Å². The standard InChI is InChI=1S/C31H42N2O5/c1-22-17-18-31(33(22)29(35)38-30(4,5)6)24(3)32(28(31)34)27(21-36-19-25-13-9-7-10-14-25)23(2)37-20-26-15-11-8-12-16-26/h7-16,22-24,27H,17-21H2,1-6H3/t22?,23?,24?,27-,31?/m0/s1. The summed E-state index contributed by atoms with van der Waals surface area (Å²) in [5, 5.41) is 0. The maximum Gasteiger partial charge on any atom is 0.411 e. The second-order valence-electron chi connectivity index (χ2n) is 11.6. The number of hydrogen-bond donors (Lipinski definition) is 0. The average Bonchev–Trinajstić information content (AvgIpc) is 3.26. The van der Waals surface area contributed by atoms with Crippen LogP contribution in [0.4, 0.5) is 4.79 Å². The van der Waals surface area contributed by atoms with Crippen LogP contribution in [0.15, 0.2) is 60.7 Å². The lowest BCUT2D eigenvalue weighted by Crippen LogP contribution is -2.81. The lowest BCUT2D eigenvalue weighted by atomic mass is 9.76. The maximum absolute atomic E-state index is 14.0. The van der Waals surface area contributed by atoms with E-state index in [1.807, 2.05) is 107 Å². The Kier molecular flexibility index (Phi) is 8.48. The van der Waals surface area contributed by atoms with Gasteiger partial charge >= 0.3 is 6.09 Å². The number of β-lactam (4-membered cyclic amide) rings is 1. The molecule has 0 aromatic heterocycles. The van der Waals surface area contributed by atoms with Crippen LogP contribution in [-0.2, 0) is 32.2 Å². The van der Waals surface area contributed by atoms with Gasteiger partial charge in [0, 0.05) is 6.04 Å². The van der Waals surface area contributed by atoms with E-state index in [4.69, 9.17) is 14.2 Å². The number of carbonyl (C=O) groups is 2. The molecule has 0 radical (unpaired) electrons. The Morgan fingerprint density at radius 2 is 1.58 bits per heavy atom. The van der Waals surface area contributed by atoms with E-state index >= 15 is 0 Å². The van der Waals surface area contributed by atoms with Crippen molar-refractivity contribution in [2.45, 2.75) is 103 Å². The van der Waals surface area contributed by atoms with E-state index in [2.05, 4.69) is 0 Å². The van der Waals surface area contributed by atoms with E-state index in [9.17, 15) is 9.59 Å². The highest BCUT2D eigenvalue weighted by atomic mass is 16.6. The molecule has 4 rings (SSSR count). The van der Waals surface area contributed by atoms with E-state index in [0.29, 0.717) is 26.2 Å². The van der Waals surface area contributed by atoms with Gasteiger partial charge in [-0.2, -0.15) is 0 Å². The third kappa shape index (κ3) is 5.74. The van der Waals surface area contributed by atoms with Gasteiger partial charge in [0.1, 0.15) is 11.1 Å². The molecular weight excluding hydrogens is 480 g/mol. The Hall–Kier alpha value is -2.90. The van der Waals surface area contributed by atoms with Crippen molar-refractivity contribution in [3.8, 4) is 0 Å². The molecule has 2 saturated heterocycles. The minimum atomic E-state index is -0.890. The number of hydrogen-bond acceptors (Lipinski definition) is 5. The first-order chi connectivity index (χ1) is 18.0. The molecule has 0 saturated carbocycles. The Bertz CT molecular complexity index is 1090. The lowest BCUT2D eigenvalue weighted by Gasteiger charge is -2.59. The summed E-state index contributed by atoms with van der Waals surface area (Å²) < 4.78 is 18.2. The Morgan fingerprint density at radius 1 is 1.00 bits per heavy atom. The summed E-state index contributed by atoms with van der Waals surface area (Å²) in [5.41, 5.74) is 0.621. The highest BCUT2D eigenvalue weighted by molar-refractivity contribution is 5.98. The Balaban J connectivity index is 1.52. The monoisotopic (exact) mass is 522 g/mol. The summed E-state index contributed by atoms with van der Waals surface area (Å²) in [5.74, 6) is -0.0521. The third-order valence-corrected chi connectivity index (χ3v) is 7.77. The summed E-state index contributed by atoms with van der Waals surface area (Å²) in [4.78, 5) is 30.9. The molecule has 2 aliphatic rings. The first-order valence-corrected chi connectivity index (χ1v) is 13.7. The number of amides is 2. The van der Waals surface area contributed by atoms with Gasteiger partial charge in [-0.15, -0.1) is 0 Å². The fourth-order valence-electron chi connectivity index (χ4n) is 5.75. The van der Waals surface area contributed by atoms with Crippen LogP contribution in [0.5, 0.6) is 0 Å². The van der Waals surface area contributed by atoms with Crippen molar-refractivity contribution < 1.29 is 23.8 Å². The van der Waals surface area contributed by atoms with Gasteiger partial charge in [-0.3, -0.25) is 9.69 Å². The fraction of sp³-hybridized carbons (Fsp3) is 0.548. The number of nitrogens with zero attached hydrogens (tertiary/aromatic N) is 2. The molecule has 2 aliphatic heterocycles. The Labute approximate surface area is 227 Å².